The van der Waals surface area contributed by atoms with Gasteiger partial charge in [-0.05, 0) is 51.1 Å². The summed E-state index contributed by atoms with van der Waals surface area (Å²) in [5.74, 6) is 1.39. The molecule has 2 aliphatic carbocycles. The van der Waals surface area contributed by atoms with Crippen molar-refractivity contribution >= 4 is 5.91 Å². The number of carbonyl (C=O) groups is 1. The summed E-state index contributed by atoms with van der Waals surface area (Å²) in [6, 6.07) is 0.882. The van der Waals surface area contributed by atoms with Gasteiger partial charge >= 0.3 is 0 Å². The van der Waals surface area contributed by atoms with Crippen molar-refractivity contribution in [2.45, 2.75) is 64.0 Å². The number of amides is 1. The first-order chi connectivity index (χ1) is 9.61. The highest BCUT2D eigenvalue weighted by Crippen LogP contribution is 2.28. The summed E-state index contributed by atoms with van der Waals surface area (Å²) in [6.07, 6.45) is 8.61. The summed E-state index contributed by atoms with van der Waals surface area (Å²) < 4.78 is 0. The van der Waals surface area contributed by atoms with Crippen molar-refractivity contribution in [2.24, 2.45) is 17.6 Å². The monoisotopic (exact) mass is 281 g/mol. The normalized spacial score (nSPS) is 34.4. The number of rotatable bonds is 5. The Morgan fingerprint density at radius 1 is 1.20 bits per heavy atom. The molecule has 0 aromatic carbocycles. The van der Waals surface area contributed by atoms with Crippen LogP contribution in [0.1, 0.15) is 51.9 Å². The molecule has 1 amide bonds. The molecular formula is C16H31N3O. The molecule has 4 atom stereocenters. The van der Waals surface area contributed by atoms with Crippen molar-refractivity contribution < 1.29 is 4.79 Å². The van der Waals surface area contributed by atoms with Gasteiger partial charge in [-0.15, -0.1) is 0 Å². The van der Waals surface area contributed by atoms with Crippen molar-refractivity contribution in [3.8, 4) is 0 Å². The summed E-state index contributed by atoms with van der Waals surface area (Å²) in [6.45, 7) is 3.52. The van der Waals surface area contributed by atoms with Crippen LogP contribution in [0.5, 0.6) is 0 Å². The molecule has 4 nitrogen and oxygen atoms in total. The first-order valence-electron chi connectivity index (χ1n) is 8.31. The van der Waals surface area contributed by atoms with Crippen molar-refractivity contribution in [3.63, 3.8) is 0 Å². The molecule has 116 valence electrons. The van der Waals surface area contributed by atoms with Crippen LogP contribution in [-0.4, -0.2) is 43.0 Å². The fourth-order valence-electron chi connectivity index (χ4n) is 4.00. The van der Waals surface area contributed by atoms with E-state index in [2.05, 4.69) is 24.2 Å². The van der Waals surface area contributed by atoms with Gasteiger partial charge in [-0.2, -0.15) is 0 Å². The number of hydrogen-bond acceptors (Lipinski definition) is 3. The SMILES string of the molecule is CC1CCCCC1NC(=O)CN(C)C1CCCC1CN. The molecule has 4 heteroatoms. The second-order valence-corrected chi connectivity index (χ2v) is 6.84. The van der Waals surface area contributed by atoms with Crippen molar-refractivity contribution in [2.75, 3.05) is 20.1 Å². The lowest BCUT2D eigenvalue weighted by Gasteiger charge is -2.32. The van der Waals surface area contributed by atoms with Crippen molar-refractivity contribution in [1.82, 2.24) is 10.2 Å². The zero-order valence-electron chi connectivity index (χ0n) is 13.1. The Bertz CT molecular complexity index is 321. The Hall–Kier alpha value is -0.610. The van der Waals surface area contributed by atoms with Crippen LogP contribution in [0.4, 0.5) is 0 Å². The highest BCUT2D eigenvalue weighted by molar-refractivity contribution is 5.78. The Labute approximate surface area is 123 Å². The second kappa shape index (κ2) is 7.41. The molecule has 0 radical (unpaired) electrons. The fourth-order valence-corrected chi connectivity index (χ4v) is 4.00. The van der Waals surface area contributed by atoms with Crippen LogP contribution in [0.15, 0.2) is 0 Å². The number of nitrogens with zero attached hydrogens (tertiary/aromatic N) is 1. The van der Waals surface area contributed by atoms with Crippen LogP contribution in [0.2, 0.25) is 0 Å². The minimum absolute atomic E-state index is 0.189. The van der Waals surface area contributed by atoms with Crippen LogP contribution in [0.25, 0.3) is 0 Å². The highest BCUT2D eigenvalue weighted by atomic mass is 16.2. The molecule has 2 fully saturated rings. The van der Waals surface area contributed by atoms with Crippen molar-refractivity contribution in [3.05, 3.63) is 0 Å². The van der Waals surface area contributed by atoms with E-state index in [0.717, 1.165) is 13.0 Å². The lowest BCUT2D eigenvalue weighted by atomic mass is 9.86. The maximum absolute atomic E-state index is 12.2. The third-order valence-electron chi connectivity index (χ3n) is 5.34. The summed E-state index contributed by atoms with van der Waals surface area (Å²) in [4.78, 5) is 14.5. The maximum Gasteiger partial charge on any atom is 0.234 e. The standard InChI is InChI=1S/C16H31N3O/c1-12-6-3-4-8-14(12)18-16(20)11-19(2)15-9-5-7-13(15)10-17/h12-15H,3-11,17H2,1-2H3,(H,18,20). The van der Waals surface area contributed by atoms with E-state index in [1.54, 1.807) is 0 Å². The zero-order valence-corrected chi connectivity index (χ0v) is 13.1. The molecule has 0 heterocycles. The molecule has 0 saturated heterocycles. The summed E-state index contributed by atoms with van der Waals surface area (Å²) in [7, 11) is 2.07. The van der Waals surface area contributed by atoms with Gasteiger partial charge in [-0.25, -0.2) is 0 Å². The van der Waals surface area contributed by atoms with Crippen LogP contribution in [-0.2, 0) is 4.79 Å². The third-order valence-corrected chi connectivity index (χ3v) is 5.34. The van der Waals surface area contributed by atoms with Gasteiger partial charge in [0.25, 0.3) is 0 Å². The van der Waals surface area contributed by atoms with Crippen LogP contribution in [0, 0.1) is 11.8 Å². The van der Waals surface area contributed by atoms with E-state index < -0.39 is 0 Å². The predicted octanol–water partition coefficient (Wildman–Crippen LogP) is 1.74. The molecule has 0 spiro atoms. The van der Waals surface area contributed by atoms with Crippen molar-refractivity contribution in [1.29, 1.82) is 0 Å². The summed E-state index contributed by atoms with van der Waals surface area (Å²) in [5, 5.41) is 3.24. The third kappa shape index (κ3) is 3.95. The molecule has 20 heavy (non-hydrogen) atoms. The van der Waals surface area contributed by atoms with Gasteiger partial charge in [-0.3, -0.25) is 9.69 Å². The number of carbonyl (C=O) groups excluding carboxylic acids is 1. The lowest BCUT2D eigenvalue weighted by molar-refractivity contribution is -0.123. The van der Waals surface area contributed by atoms with E-state index >= 15 is 0 Å². The van der Waals surface area contributed by atoms with Crippen LogP contribution in [0.3, 0.4) is 0 Å². The Balaban J connectivity index is 1.78. The minimum Gasteiger partial charge on any atom is -0.352 e. The first kappa shape index (κ1) is 15.8. The van der Waals surface area contributed by atoms with Gasteiger partial charge in [0.2, 0.25) is 5.91 Å². The van der Waals surface area contributed by atoms with Gasteiger partial charge in [-0.1, -0.05) is 26.2 Å². The van der Waals surface area contributed by atoms with E-state index in [1.807, 2.05) is 0 Å². The molecule has 0 aliphatic heterocycles. The molecule has 2 saturated carbocycles. The maximum atomic E-state index is 12.2. The van der Waals surface area contributed by atoms with Crippen LogP contribution >= 0.6 is 0 Å². The van der Waals surface area contributed by atoms with Gasteiger partial charge in [0.15, 0.2) is 0 Å². The topological polar surface area (TPSA) is 58.4 Å². The molecule has 0 aromatic rings. The largest absolute Gasteiger partial charge is 0.352 e. The summed E-state index contributed by atoms with van der Waals surface area (Å²) in [5.41, 5.74) is 5.83. The quantitative estimate of drug-likeness (QED) is 0.807. The molecule has 0 aromatic heterocycles. The van der Waals surface area contributed by atoms with E-state index in [9.17, 15) is 4.79 Å². The number of nitrogens with two attached hydrogens (primary N) is 1. The van der Waals surface area contributed by atoms with Gasteiger partial charge in [0, 0.05) is 12.1 Å². The molecule has 2 rings (SSSR count). The summed E-state index contributed by atoms with van der Waals surface area (Å²) >= 11 is 0. The molecule has 4 unspecified atom stereocenters. The minimum atomic E-state index is 0.189. The van der Waals surface area contributed by atoms with Gasteiger partial charge < -0.3 is 11.1 Å². The first-order valence-corrected chi connectivity index (χ1v) is 8.31. The van der Waals surface area contributed by atoms with E-state index in [-0.39, 0.29) is 5.91 Å². The Morgan fingerprint density at radius 2 is 1.95 bits per heavy atom. The number of nitrogens with one attached hydrogen (secondary N) is 1. The van der Waals surface area contributed by atoms with E-state index in [0.29, 0.717) is 30.5 Å². The molecular weight excluding hydrogens is 250 g/mol. The smallest absolute Gasteiger partial charge is 0.234 e. The fraction of sp³-hybridized carbons (Fsp3) is 0.938. The highest BCUT2D eigenvalue weighted by Gasteiger charge is 2.30. The molecule has 0 bridgehead atoms. The average molecular weight is 281 g/mol. The Kier molecular flexibility index (Phi) is 5.85. The number of hydrogen-bond donors (Lipinski definition) is 2. The molecule has 2 aliphatic rings. The van der Waals surface area contributed by atoms with Gasteiger partial charge in [0.05, 0.1) is 6.54 Å². The predicted molar refractivity (Wildman–Crippen MR) is 82.4 cm³/mol. The van der Waals surface area contributed by atoms with Crippen LogP contribution < -0.4 is 11.1 Å². The van der Waals surface area contributed by atoms with E-state index in [1.165, 1.54) is 38.5 Å². The molecule has 3 N–H and O–H groups in total. The van der Waals surface area contributed by atoms with Gasteiger partial charge in [0.1, 0.15) is 0 Å². The lowest BCUT2D eigenvalue weighted by Crippen LogP contribution is -2.48. The average Bonchev–Trinajstić information content (AvgIpc) is 2.89. The zero-order chi connectivity index (χ0) is 14.5. The number of likely N-dealkylation sites (N-methyl/N-ethyl adjacent to an activating group) is 1. The van der Waals surface area contributed by atoms with E-state index in [4.69, 9.17) is 5.73 Å². The second-order valence-electron chi connectivity index (χ2n) is 6.84. The Morgan fingerprint density at radius 3 is 2.65 bits per heavy atom.